The summed E-state index contributed by atoms with van der Waals surface area (Å²) in [6, 6.07) is 35.7. The predicted molar refractivity (Wildman–Crippen MR) is 148 cm³/mol. The summed E-state index contributed by atoms with van der Waals surface area (Å²) in [6.45, 7) is 4.77. The van der Waals surface area contributed by atoms with Gasteiger partial charge in [0.25, 0.3) is 0 Å². The highest BCUT2D eigenvalue weighted by atomic mass is 15.2. The third-order valence-electron chi connectivity index (χ3n) is 8.06. The van der Waals surface area contributed by atoms with E-state index in [0.29, 0.717) is 12.0 Å². The first kappa shape index (κ1) is 20.3. The normalized spacial score (nSPS) is 20.2. The number of anilines is 2. The average Bonchev–Trinajstić information content (AvgIpc) is 3.24. The molecule has 2 unspecified atom stereocenters. The molecule has 2 aliphatic rings. The fourth-order valence-corrected chi connectivity index (χ4v) is 6.35. The van der Waals surface area contributed by atoms with Crippen LogP contribution in [-0.4, -0.2) is 10.6 Å². The maximum atomic E-state index is 2.53. The van der Waals surface area contributed by atoms with E-state index in [1.807, 2.05) is 0 Å². The summed E-state index contributed by atoms with van der Waals surface area (Å²) in [5.41, 5.74) is 7.69. The summed E-state index contributed by atoms with van der Waals surface area (Å²) in [7, 11) is 0. The number of allylic oxidation sites excluding steroid dienone is 2. The highest BCUT2D eigenvalue weighted by Gasteiger charge is 2.44. The summed E-state index contributed by atoms with van der Waals surface area (Å²) in [4.78, 5) is 2.53. The van der Waals surface area contributed by atoms with Crippen LogP contribution >= 0.6 is 0 Å². The van der Waals surface area contributed by atoms with Crippen LogP contribution in [0.2, 0.25) is 0 Å². The molecule has 2 heteroatoms. The highest BCUT2D eigenvalue weighted by Crippen LogP contribution is 2.50. The number of nitrogens with zero attached hydrogens (tertiary/aromatic N) is 2. The van der Waals surface area contributed by atoms with Crippen LogP contribution in [0.5, 0.6) is 0 Å². The molecular weight excluding hydrogens is 424 g/mol. The Bertz CT molecular complexity index is 1580. The lowest BCUT2D eigenvalue weighted by Crippen LogP contribution is -2.49. The van der Waals surface area contributed by atoms with Crippen LogP contribution in [0.4, 0.5) is 11.4 Å². The highest BCUT2D eigenvalue weighted by molar-refractivity contribution is 6.09. The second kappa shape index (κ2) is 7.48. The van der Waals surface area contributed by atoms with Crippen LogP contribution in [0.3, 0.4) is 0 Å². The van der Waals surface area contributed by atoms with Gasteiger partial charge in [-0.2, -0.15) is 0 Å². The molecule has 1 aliphatic heterocycles. The zero-order valence-corrected chi connectivity index (χ0v) is 20.1. The van der Waals surface area contributed by atoms with E-state index in [9.17, 15) is 0 Å². The SMILES string of the molecule is CC1(C)c2ccccc2N(c2ccc(-n3c4ccccc4c4ccccc43)cc2)C2C=CC=CC21. The van der Waals surface area contributed by atoms with Crippen molar-refractivity contribution >= 4 is 33.2 Å². The maximum Gasteiger partial charge on any atom is 0.0596 e. The Kier molecular flexibility index (Phi) is 4.35. The minimum absolute atomic E-state index is 0.0714. The van der Waals surface area contributed by atoms with E-state index < -0.39 is 0 Å². The van der Waals surface area contributed by atoms with Crippen molar-refractivity contribution in [3.8, 4) is 5.69 Å². The molecule has 0 radical (unpaired) electrons. The monoisotopic (exact) mass is 452 g/mol. The molecule has 2 atom stereocenters. The van der Waals surface area contributed by atoms with Crippen LogP contribution in [-0.2, 0) is 5.41 Å². The molecule has 1 aliphatic carbocycles. The van der Waals surface area contributed by atoms with Crippen LogP contribution in [0.1, 0.15) is 19.4 Å². The lowest BCUT2D eigenvalue weighted by Gasteiger charge is -2.50. The summed E-state index contributed by atoms with van der Waals surface area (Å²) in [6.07, 6.45) is 9.16. The summed E-state index contributed by atoms with van der Waals surface area (Å²) in [5, 5.41) is 2.59. The third kappa shape index (κ3) is 2.89. The van der Waals surface area contributed by atoms with Crippen molar-refractivity contribution in [2.24, 2.45) is 5.92 Å². The number of fused-ring (bicyclic) bond motifs is 5. The molecule has 0 amide bonds. The van der Waals surface area contributed by atoms with E-state index in [1.54, 1.807) is 0 Å². The van der Waals surface area contributed by atoms with Crippen LogP contribution in [0, 0.1) is 5.92 Å². The van der Waals surface area contributed by atoms with E-state index >= 15 is 0 Å². The molecule has 0 spiro atoms. The van der Waals surface area contributed by atoms with Gasteiger partial charge in [0.1, 0.15) is 0 Å². The van der Waals surface area contributed by atoms with Gasteiger partial charge in [-0.15, -0.1) is 0 Å². The molecule has 1 aromatic heterocycles. The van der Waals surface area contributed by atoms with Crippen LogP contribution < -0.4 is 4.90 Å². The van der Waals surface area contributed by atoms with Gasteiger partial charge in [0.15, 0.2) is 0 Å². The molecule has 2 heterocycles. The molecular formula is C33H28N2. The first-order valence-corrected chi connectivity index (χ1v) is 12.5. The minimum atomic E-state index is 0.0714. The molecule has 0 saturated heterocycles. The predicted octanol–water partition coefficient (Wildman–Crippen LogP) is 8.32. The van der Waals surface area contributed by atoms with Crippen LogP contribution in [0.15, 0.2) is 121 Å². The maximum absolute atomic E-state index is 2.53. The number of benzene rings is 4. The van der Waals surface area contributed by atoms with E-state index in [-0.39, 0.29) is 5.41 Å². The lowest BCUT2D eigenvalue weighted by molar-refractivity contribution is 0.332. The van der Waals surface area contributed by atoms with E-state index in [1.165, 1.54) is 44.4 Å². The molecule has 35 heavy (non-hydrogen) atoms. The lowest BCUT2D eigenvalue weighted by atomic mass is 9.65. The van der Waals surface area contributed by atoms with Crippen molar-refractivity contribution in [2.75, 3.05) is 4.90 Å². The molecule has 0 saturated carbocycles. The largest absolute Gasteiger partial charge is 0.334 e. The summed E-state index contributed by atoms with van der Waals surface area (Å²) < 4.78 is 2.38. The standard InChI is InChI=1S/C33H28N2/c1-33(2)27-13-5-9-17-31(27)35(32-18-10-6-14-28(32)33)24-21-19-23(20-22-24)34-29-15-7-3-11-25(29)26-12-4-8-16-30(26)34/h3-22,27,31H,1-2H3. The summed E-state index contributed by atoms with van der Waals surface area (Å²) >= 11 is 0. The molecule has 0 bridgehead atoms. The van der Waals surface area contributed by atoms with Crippen molar-refractivity contribution in [1.82, 2.24) is 4.57 Å². The second-order valence-corrected chi connectivity index (χ2v) is 10.3. The zero-order valence-electron chi connectivity index (χ0n) is 20.1. The number of aromatic nitrogens is 1. The number of hydrogen-bond donors (Lipinski definition) is 0. The van der Waals surface area contributed by atoms with Crippen LogP contribution in [0.25, 0.3) is 27.5 Å². The smallest absolute Gasteiger partial charge is 0.0596 e. The number of para-hydroxylation sites is 3. The van der Waals surface area contributed by atoms with Gasteiger partial charge in [-0.05, 0) is 48.0 Å². The fraction of sp³-hybridized carbons (Fsp3) is 0.152. The Morgan fingerprint density at radius 1 is 0.600 bits per heavy atom. The van der Waals surface area contributed by atoms with Gasteiger partial charge in [-0.1, -0.05) is 92.7 Å². The van der Waals surface area contributed by atoms with Gasteiger partial charge in [0.05, 0.1) is 17.1 Å². The average molecular weight is 453 g/mol. The Morgan fingerprint density at radius 3 is 1.89 bits per heavy atom. The minimum Gasteiger partial charge on any atom is -0.334 e. The quantitative estimate of drug-likeness (QED) is 0.261. The van der Waals surface area contributed by atoms with Gasteiger partial charge in [-0.25, -0.2) is 0 Å². The second-order valence-electron chi connectivity index (χ2n) is 10.3. The Morgan fingerprint density at radius 2 is 1.17 bits per heavy atom. The molecule has 2 nitrogen and oxygen atoms in total. The van der Waals surface area contributed by atoms with Crippen molar-refractivity contribution in [2.45, 2.75) is 25.3 Å². The first-order valence-electron chi connectivity index (χ1n) is 12.5. The van der Waals surface area contributed by atoms with Gasteiger partial charge in [-0.3, -0.25) is 0 Å². The van der Waals surface area contributed by atoms with Gasteiger partial charge in [0, 0.05) is 39.2 Å². The Labute approximate surface area is 206 Å². The van der Waals surface area contributed by atoms with Gasteiger partial charge >= 0.3 is 0 Å². The summed E-state index contributed by atoms with van der Waals surface area (Å²) in [5.74, 6) is 0.416. The molecule has 0 fully saturated rings. The Hall–Kier alpha value is -4.04. The van der Waals surface area contributed by atoms with Crippen molar-refractivity contribution in [3.63, 3.8) is 0 Å². The van der Waals surface area contributed by atoms with Crippen molar-refractivity contribution in [3.05, 3.63) is 127 Å². The zero-order chi connectivity index (χ0) is 23.6. The molecule has 0 N–H and O–H groups in total. The third-order valence-corrected chi connectivity index (χ3v) is 8.06. The van der Waals surface area contributed by atoms with Gasteiger partial charge in [0.2, 0.25) is 0 Å². The Balaban J connectivity index is 1.39. The molecule has 170 valence electrons. The molecule has 4 aromatic carbocycles. The molecule has 5 aromatic rings. The van der Waals surface area contributed by atoms with Crippen molar-refractivity contribution in [1.29, 1.82) is 0 Å². The van der Waals surface area contributed by atoms with Gasteiger partial charge < -0.3 is 9.47 Å². The topological polar surface area (TPSA) is 8.17 Å². The van der Waals surface area contributed by atoms with Crippen molar-refractivity contribution < 1.29 is 0 Å². The molecule has 7 rings (SSSR count). The van der Waals surface area contributed by atoms with E-state index in [4.69, 9.17) is 0 Å². The number of rotatable bonds is 2. The fourth-order valence-electron chi connectivity index (χ4n) is 6.35. The van der Waals surface area contributed by atoms with E-state index in [0.717, 1.165) is 0 Å². The number of hydrogen-bond acceptors (Lipinski definition) is 1. The first-order chi connectivity index (χ1) is 17.1. The van der Waals surface area contributed by atoms with E-state index in [2.05, 4.69) is 145 Å².